The first-order chi connectivity index (χ1) is 8.84. The maximum atomic E-state index is 11.7. The molecule has 0 unspecified atom stereocenters. The third kappa shape index (κ3) is 4.52. The molecule has 1 aliphatic carbocycles. The smallest absolute Gasteiger partial charge is 0.220 e. The predicted molar refractivity (Wildman–Crippen MR) is 74.4 cm³/mol. The summed E-state index contributed by atoms with van der Waals surface area (Å²) in [7, 11) is 0. The van der Waals surface area contributed by atoms with Crippen molar-refractivity contribution in [3.05, 3.63) is 35.9 Å². The lowest BCUT2D eigenvalue weighted by atomic mass is 10.1. The number of unbranched alkanes of at least 4 members (excludes halogenated alkanes) is 1. The molecule has 0 atom stereocenters. The third-order valence-electron chi connectivity index (χ3n) is 3.68. The van der Waals surface area contributed by atoms with Crippen molar-refractivity contribution in [2.45, 2.75) is 57.4 Å². The van der Waals surface area contributed by atoms with Gasteiger partial charge in [0.2, 0.25) is 5.91 Å². The van der Waals surface area contributed by atoms with E-state index in [4.69, 9.17) is 0 Å². The van der Waals surface area contributed by atoms with Crippen LogP contribution < -0.4 is 5.32 Å². The highest BCUT2D eigenvalue weighted by Crippen LogP contribution is 2.17. The molecule has 18 heavy (non-hydrogen) atoms. The van der Waals surface area contributed by atoms with E-state index in [1.54, 1.807) is 0 Å². The molecule has 0 saturated heterocycles. The molecule has 0 spiro atoms. The number of carbonyl (C=O) groups is 1. The van der Waals surface area contributed by atoms with Crippen LogP contribution in [0.5, 0.6) is 0 Å². The normalized spacial score (nSPS) is 15.8. The monoisotopic (exact) mass is 245 g/mol. The molecule has 2 heteroatoms. The Morgan fingerprint density at radius 2 is 1.83 bits per heavy atom. The predicted octanol–water partition coefficient (Wildman–Crippen LogP) is 3.46. The van der Waals surface area contributed by atoms with Gasteiger partial charge in [0.05, 0.1) is 0 Å². The summed E-state index contributed by atoms with van der Waals surface area (Å²) in [4.78, 5) is 11.7. The Kier molecular flexibility index (Phi) is 5.25. The number of hydrogen-bond donors (Lipinski definition) is 1. The summed E-state index contributed by atoms with van der Waals surface area (Å²) >= 11 is 0. The van der Waals surface area contributed by atoms with Gasteiger partial charge in [-0.3, -0.25) is 4.79 Å². The lowest BCUT2D eigenvalue weighted by molar-refractivity contribution is -0.121. The molecule has 1 saturated carbocycles. The molecule has 1 amide bonds. The molecule has 1 aromatic carbocycles. The van der Waals surface area contributed by atoms with E-state index in [0.29, 0.717) is 12.5 Å². The Hall–Kier alpha value is -1.31. The number of hydrogen-bond acceptors (Lipinski definition) is 1. The molecule has 1 fully saturated rings. The van der Waals surface area contributed by atoms with Crippen LogP contribution in [0.25, 0.3) is 0 Å². The Bertz CT molecular complexity index is 355. The summed E-state index contributed by atoms with van der Waals surface area (Å²) in [6.07, 6.45) is 8.76. The number of aryl methyl sites for hydroxylation is 1. The van der Waals surface area contributed by atoms with E-state index in [2.05, 4.69) is 29.6 Å². The van der Waals surface area contributed by atoms with E-state index >= 15 is 0 Å². The second kappa shape index (κ2) is 7.20. The van der Waals surface area contributed by atoms with E-state index in [1.807, 2.05) is 6.07 Å². The molecule has 0 aromatic heterocycles. The first kappa shape index (κ1) is 13.1. The van der Waals surface area contributed by atoms with Crippen molar-refractivity contribution in [2.24, 2.45) is 0 Å². The van der Waals surface area contributed by atoms with Crippen molar-refractivity contribution in [3.8, 4) is 0 Å². The fraction of sp³-hybridized carbons (Fsp3) is 0.562. The lowest BCUT2D eigenvalue weighted by Gasteiger charge is -2.11. The quantitative estimate of drug-likeness (QED) is 0.764. The number of amides is 1. The molecular formula is C16H23NO. The molecule has 1 aromatic rings. The van der Waals surface area contributed by atoms with Gasteiger partial charge >= 0.3 is 0 Å². The van der Waals surface area contributed by atoms with E-state index in [0.717, 1.165) is 19.3 Å². The maximum Gasteiger partial charge on any atom is 0.220 e. The minimum atomic E-state index is 0.245. The highest BCUT2D eigenvalue weighted by molar-refractivity contribution is 5.76. The van der Waals surface area contributed by atoms with Crippen molar-refractivity contribution in [1.82, 2.24) is 5.32 Å². The molecule has 0 bridgehead atoms. The summed E-state index contributed by atoms with van der Waals surface area (Å²) < 4.78 is 0. The minimum absolute atomic E-state index is 0.245. The van der Waals surface area contributed by atoms with Crippen molar-refractivity contribution in [2.75, 3.05) is 0 Å². The van der Waals surface area contributed by atoms with Crippen LogP contribution in [0.3, 0.4) is 0 Å². The Morgan fingerprint density at radius 3 is 2.56 bits per heavy atom. The van der Waals surface area contributed by atoms with Gasteiger partial charge in [-0.2, -0.15) is 0 Å². The van der Waals surface area contributed by atoms with Crippen LogP contribution in [-0.2, 0) is 11.2 Å². The van der Waals surface area contributed by atoms with Gasteiger partial charge < -0.3 is 5.32 Å². The van der Waals surface area contributed by atoms with Gasteiger partial charge in [-0.05, 0) is 37.7 Å². The second-order valence-electron chi connectivity index (χ2n) is 5.24. The van der Waals surface area contributed by atoms with Crippen molar-refractivity contribution >= 4 is 5.91 Å². The van der Waals surface area contributed by atoms with E-state index in [1.165, 1.54) is 31.2 Å². The zero-order valence-electron chi connectivity index (χ0n) is 11.0. The number of nitrogens with one attached hydrogen (secondary N) is 1. The van der Waals surface area contributed by atoms with Crippen LogP contribution in [0, 0.1) is 0 Å². The van der Waals surface area contributed by atoms with Crippen LogP contribution in [0.1, 0.15) is 50.5 Å². The molecule has 2 rings (SSSR count). The van der Waals surface area contributed by atoms with Crippen LogP contribution in [-0.4, -0.2) is 11.9 Å². The van der Waals surface area contributed by atoms with Gasteiger partial charge in [0, 0.05) is 12.5 Å². The molecule has 0 aliphatic heterocycles. The van der Waals surface area contributed by atoms with Gasteiger partial charge in [-0.15, -0.1) is 0 Å². The van der Waals surface area contributed by atoms with Gasteiger partial charge in [-0.1, -0.05) is 43.2 Å². The van der Waals surface area contributed by atoms with E-state index < -0.39 is 0 Å². The van der Waals surface area contributed by atoms with Crippen LogP contribution in [0.15, 0.2) is 30.3 Å². The van der Waals surface area contributed by atoms with Gasteiger partial charge in [0.15, 0.2) is 0 Å². The summed E-state index contributed by atoms with van der Waals surface area (Å²) in [6.45, 7) is 0. The highest BCUT2D eigenvalue weighted by Gasteiger charge is 2.16. The SMILES string of the molecule is O=C(CCCCc1ccccc1)NC1CCCC1. The van der Waals surface area contributed by atoms with Crippen molar-refractivity contribution in [1.29, 1.82) is 0 Å². The summed E-state index contributed by atoms with van der Waals surface area (Å²) in [5, 5.41) is 3.14. The molecule has 0 heterocycles. The molecule has 98 valence electrons. The van der Waals surface area contributed by atoms with Gasteiger partial charge in [0.25, 0.3) is 0 Å². The van der Waals surface area contributed by atoms with E-state index in [-0.39, 0.29) is 5.91 Å². The Morgan fingerprint density at radius 1 is 1.11 bits per heavy atom. The van der Waals surface area contributed by atoms with Crippen molar-refractivity contribution in [3.63, 3.8) is 0 Å². The lowest BCUT2D eigenvalue weighted by Crippen LogP contribution is -2.32. The minimum Gasteiger partial charge on any atom is -0.353 e. The first-order valence-corrected chi connectivity index (χ1v) is 7.18. The van der Waals surface area contributed by atoms with E-state index in [9.17, 15) is 4.79 Å². The largest absolute Gasteiger partial charge is 0.353 e. The highest BCUT2D eigenvalue weighted by atomic mass is 16.1. The van der Waals surface area contributed by atoms with Crippen molar-refractivity contribution < 1.29 is 4.79 Å². The summed E-state index contributed by atoms with van der Waals surface area (Å²) in [5.41, 5.74) is 1.37. The Labute approximate surface area is 110 Å². The number of rotatable bonds is 6. The average molecular weight is 245 g/mol. The average Bonchev–Trinajstić information content (AvgIpc) is 2.89. The zero-order chi connectivity index (χ0) is 12.6. The topological polar surface area (TPSA) is 29.1 Å². The molecule has 0 radical (unpaired) electrons. The van der Waals surface area contributed by atoms with Crippen LogP contribution in [0.2, 0.25) is 0 Å². The fourth-order valence-corrected chi connectivity index (χ4v) is 2.63. The number of carbonyl (C=O) groups excluding carboxylic acids is 1. The second-order valence-corrected chi connectivity index (χ2v) is 5.24. The molecule has 1 aliphatic rings. The number of benzene rings is 1. The van der Waals surface area contributed by atoms with Crippen LogP contribution >= 0.6 is 0 Å². The summed E-state index contributed by atoms with van der Waals surface area (Å²) in [6, 6.07) is 11.0. The summed E-state index contributed by atoms with van der Waals surface area (Å²) in [5.74, 6) is 0.245. The first-order valence-electron chi connectivity index (χ1n) is 7.18. The zero-order valence-corrected chi connectivity index (χ0v) is 11.0. The Balaban J connectivity index is 1.56. The maximum absolute atomic E-state index is 11.7. The van der Waals surface area contributed by atoms with Gasteiger partial charge in [-0.25, -0.2) is 0 Å². The molecular weight excluding hydrogens is 222 g/mol. The third-order valence-corrected chi connectivity index (χ3v) is 3.68. The fourth-order valence-electron chi connectivity index (χ4n) is 2.63. The van der Waals surface area contributed by atoms with Gasteiger partial charge in [0.1, 0.15) is 0 Å². The van der Waals surface area contributed by atoms with Crippen LogP contribution in [0.4, 0.5) is 0 Å². The standard InChI is InChI=1S/C16H23NO/c18-16(17-15-11-5-6-12-15)13-7-4-10-14-8-2-1-3-9-14/h1-3,8-9,15H,4-7,10-13H2,(H,17,18). The molecule has 1 N–H and O–H groups in total. The molecule has 2 nitrogen and oxygen atoms in total.